The number of nitrogens with zero attached hydrogens (tertiary/aromatic N) is 2. The number of rotatable bonds is 9. The second-order valence-corrected chi connectivity index (χ2v) is 9.28. The minimum absolute atomic E-state index is 0.104. The van der Waals surface area contributed by atoms with Gasteiger partial charge in [-0.2, -0.15) is 0 Å². The third-order valence-electron chi connectivity index (χ3n) is 5.48. The summed E-state index contributed by atoms with van der Waals surface area (Å²) in [5.41, 5.74) is 1.44. The number of esters is 1. The van der Waals surface area contributed by atoms with Crippen molar-refractivity contribution in [3.63, 3.8) is 0 Å². The molecule has 0 unspecified atom stereocenters. The largest absolute Gasteiger partial charge is 0.487 e. The number of hydrogen-bond acceptors (Lipinski definition) is 10. The van der Waals surface area contributed by atoms with Crippen LogP contribution in [0.4, 0.5) is 9.59 Å². The number of carbonyl (C=O) groups is 3. The molecule has 0 radical (unpaired) electrons. The van der Waals surface area contributed by atoms with Crippen molar-refractivity contribution in [1.82, 2.24) is 0 Å². The van der Waals surface area contributed by atoms with Gasteiger partial charge < -0.3 is 33.2 Å². The van der Waals surface area contributed by atoms with Crippen molar-refractivity contribution in [3.8, 4) is 17.2 Å². The van der Waals surface area contributed by atoms with Crippen LogP contribution >= 0.6 is 0 Å². The fourth-order valence-electron chi connectivity index (χ4n) is 3.66. The van der Waals surface area contributed by atoms with Gasteiger partial charge in [-0.3, -0.25) is 0 Å². The van der Waals surface area contributed by atoms with Crippen LogP contribution in [0.3, 0.4) is 0 Å². The standard InChI is InChI=1S/C26H26O6.C6H10N2O4/c1-18(2)30-24-15-21(13-14-23(24)32-25(27)19-9-5-3-6-10-19)31-22-16-28-26(29-17-22)20-11-7-4-8-12-20;1-3-11-5(9)7-8-6(10)12-4-2/h3-15,18,22,26H,16-17H2,1-2H3;3-4H2,1-2H3. The van der Waals surface area contributed by atoms with Crippen LogP contribution < -0.4 is 14.2 Å². The molecule has 1 aliphatic heterocycles. The van der Waals surface area contributed by atoms with Crippen LogP contribution in [0.25, 0.3) is 0 Å². The molecule has 12 nitrogen and oxygen atoms in total. The predicted octanol–water partition coefficient (Wildman–Crippen LogP) is 6.94. The normalized spacial score (nSPS) is 15.9. The predicted molar refractivity (Wildman–Crippen MR) is 158 cm³/mol. The van der Waals surface area contributed by atoms with Crippen LogP contribution in [-0.2, 0) is 18.9 Å². The van der Waals surface area contributed by atoms with Gasteiger partial charge in [0.2, 0.25) is 0 Å². The Bertz CT molecular complexity index is 1340. The summed E-state index contributed by atoms with van der Waals surface area (Å²) in [5.74, 6) is 0.895. The molecule has 0 saturated carbocycles. The highest BCUT2D eigenvalue weighted by atomic mass is 16.7. The fourth-order valence-corrected chi connectivity index (χ4v) is 3.66. The van der Waals surface area contributed by atoms with Gasteiger partial charge in [0.05, 0.1) is 38.1 Å². The highest BCUT2D eigenvalue weighted by molar-refractivity contribution is 5.91. The maximum Gasteiger partial charge on any atom is 0.452 e. The average Bonchev–Trinajstić information content (AvgIpc) is 3.03. The number of ether oxygens (including phenoxy) is 7. The quantitative estimate of drug-likeness (QED) is 0.142. The van der Waals surface area contributed by atoms with Crippen molar-refractivity contribution in [2.75, 3.05) is 26.4 Å². The lowest BCUT2D eigenvalue weighted by atomic mass is 10.2. The van der Waals surface area contributed by atoms with Crippen LogP contribution in [0, 0.1) is 0 Å². The molecule has 4 rings (SSSR count). The molecule has 1 fully saturated rings. The van der Waals surface area contributed by atoms with Crippen molar-refractivity contribution < 1.29 is 47.5 Å². The van der Waals surface area contributed by atoms with Gasteiger partial charge in [0.1, 0.15) is 11.9 Å². The van der Waals surface area contributed by atoms with E-state index >= 15 is 0 Å². The third-order valence-corrected chi connectivity index (χ3v) is 5.48. The average molecular weight is 609 g/mol. The van der Waals surface area contributed by atoms with E-state index in [4.69, 9.17) is 23.7 Å². The fraction of sp³-hybridized carbons (Fsp3) is 0.344. The van der Waals surface area contributed by atoms with Crippen molar-refractivity contribution in [3.05, 3.63) is 90.0 Å². The minimum atomic E-state index is -0.898. The lowest BCUT2D eigenvalue weighted by Gasteiger charge is -2.30. The number of azo groups is 1. The van der Waals surface area contributed by atoms with Crippen LogP contribution in [0.15, 0.2) is 89.1 Å². The summed E-state index contributed by atoms with van der Waals surface area (Å²) in [5, 5.41) is 5.84. The molecule has 3 aromatic rings. The number of amides is 2. The number of carbonyl (C=O) groups excluding carboxylic acids is 3. The summed E-state index contributed by atoms with van der Waals surface area (Å²) < 4.78 is 37.8. The maximum absolute atomic E-state index is 12.5. The first kappa shape index (κ1) is 33.7. The smallest absolute Gasteiger partial charge is 0.452 e. The van der Waals surface area contributed by atoms with Gasteiger partial charge in [-0.25, -0.2) is 14.4 Å². The van der Waals surface area contributed by atoms with Crippen LogP contribution in [0.1, 0.15) is 49.9 Å². The molecule has 2 amide bonds. The molecule has 234 valence electrons. The van der Waals surface area contributed by atoms with Gasteiger partial charge in [-0.05, 0) is 52.0 Å². The van der Waals surface area contributed by atoms with Gasteiger partial charge >= 0.3 is 18.2 Å². The Labute approximate surface area is 255 Å². The Kier molecular flexibility index (Phi) is 13.8. The monoisotopic (exact) mass is 608 g/mol. The Hall–Kier alpha value is -4.81. The molecule has 1 aliphatic rings. The number of hydrogen-bond donors (Lipinski definition) is 0. The van der Waals surface area contributed by atoms with E-state index in [2.05, 4.69) is 19.7 Å². The van der Waals surface area contributed by atoms with E-state index in [0.717, 1.165) is 5.56 Å². The molecule has 1 saturated heterocycles. The first-order valence-corrected chi connectivity index (χ1v) is 14.1. The molecular formula is C32H36N2O10. The Balaban J connectivity index is 0.000000375. The van der Waals surface area contributed by atoms with E-state index in [9.17, 15) is 14.4 Å². The zero-order valence-corrected chi connectivity index (χ0v) is 25.0. The van der Waals surface area contributed by atoms with Gasteiger partial charge in [0.15, 0.2) is 17.8 Å². The lowest BCUT2D eigenvalue weighted by Crippen LogP contribution is -2.35. The van der Waals surface area contributed by atoms with E-state index in [0.29, 0.717) is 36.0 Å². The summed E-state index contributed by atoms with van der Waals surface area (Å²) >= 11 is 0. The van der Waals surface area contributed by atoms with Crippen molar-refractivity contribution >= 4 is 18.2 Å². The summed E-state index contributed by atoms with van der Waals surface area (Å²) in [6, 6.07) is 23.8. The summed E-state index contributed by atoms with van der Waals surface area (Å²) in [6.07, 6.45) is -2.56. The minimum Gasteiger partial charge on any atom is -0.487 e. The van der Waals surface area contributed by atoms with Crippen LogP contribution in [-0.4, -0.2) is 56.8 Å². The van der Waals surface area contributed by atoms with E-state index in [1.807, 2.05) is 50.2 Å². The van der Waals surface area contributed by atoms with Crippen molar-refractivity contribution in [1.29, 1.82) is 0 Å². The first-order chi connectivity index (χ1) is 21.3. The topological polar surface area (TPSA) is 141 Å². The Morgan fingerprint density at radius 2 is 1.36 bits per heavy atom. The first-order valence-electron chi connectivity index (χ1n) is 14.1. The Morgan fingerprint density at radius 3 is 1.91 bits per heavy atom. The van der Waals surface area contributed by atoms with E-state index in [1.54, 1.807) is 56.3 Å². The molecule has 0 atom stereocenters. The second kappa shape index (κ2) is 18.0. The number of benzene rings is 3. The molecule has 0 aliphatic carbocycles. The lowest BCUT2D eigenvalue weighted by molar-refractivity contribution is -0.215. The molecule has 44 heavy (non-hydrogen) atoms. The third kappa shape index (κ3) is 11.5. The van der Waals surface area contributed by atoms with Crippen molar-refractivity contribution in [2.24, 2.45) is 10.2 Å². The van der Waals surface area contributed by atoms with Gasteiger partial charge in [0, 0.05) is 11.6 Å². The Morgan fingerprint density at radius 1 is 0.795 bits per heavy atom. The molecule has 0 spiro atoms. The van der Waals surface area contributed by atoms with Gasteiger partial charge in [-0.15, -0.1) is 0 Å². The molecule has 0 bridgehead atoms. The molecule has 3 aromatic carbocycles. The van der Waals surface area contributed by atoms with Crippen LogP contribution in [0.2, 0.25) is 0 Å². The molecule has 0 aromatic heterocycles. The molecule has 0 N–H and O–H groups in total. The SMILES string of the molecule is CC(C)Oc1cc(OC2COC(c3ccccc3)OC2)ccc1OC(=O)c1ccccc1.CCOC(=O)N=NC(=O)OCC. The molecular weight excluding hydrogens is 572 g/mol. The molecule has 1 heterocycles. The molecule has 12 heteroatoms. The van der Waals surface area contributed by atoms with Gasteiger partial charge in [0.25, 0.3) is 0 Å². The second-order valence-electron chi connectivity index (χ2n) is 9.28. The zero-order valence-electron chi connectivity index (χ0n) is 25.0. The van der Waals surface area contributed by atoms with Crippen molar-refractivity contribution in [2.45, 2.75) is 46.2 Å². The summed E-state index contributed by atoms with van der Waals surface area (Å²) in [6.45, 7) is 8.23. The highest BCUT2D eigenvalue weighted by Gasteiger charge is 2.25. The zero-order chi connectivity index (χ0) is 31.7. The van der Waals surface area contributed by atoms with E-state index < -0.39 is 24.4 Å². The van der Waals surface area contributed by atoms with Crippen LogP contribution in [0.5, 0.6) is 17.2 Å². The van der Waals surface area contributed by atoms with Gasteiger partial charge in [-0.1, -0.05) is 58.8 Å². The maximum atomic E-state index is 12.5. The van der Waals surface area contributed by atoms with E-state index in [1.165, 1.54) is 0 Å². The summed E-state index contributed by atoms with van der Waals surface area (Å²) in [7, 11) is 0. The van der Waals surface area contributed by atoms with E-state index in [-0.39, 0.29) is 25.4 Å². The highest BCUT2D eigenvalue weighted by Crippen LogP contribution is 2.34. The summed E-state index contributed by atoms with van der Waals surface area (Å²) in [4.78, 5) is 33.4.